The van der Waals surface area contributed by atoms with E-state index in [1.54, 1.807) is 6.20 Å². The van der Waals surface area contributed by atoms with Gasteiger partial charge in [0.2, 0.25) is 11.9 Å². The highest BCUT2D eigenvalue weighted by Gasteiger charge is 2.47. The number of ether oxygens (including phenoxy) is 1. The highest BCUT2D eigenvalue weighted by Crippen LogP contribution is 2.54. The van der Waals surface area contributed by atoms with Crippen molar-refractivity contribution in [3.63, 3.8) is 0 Å². The molecule has 53 heavy (non-hydrogen) atoms. The molecule has 10 nitrogen and oxygen atoms in total. The maximum Gasteiger partial charge on any atom is 0.422 e. The Morgan fingerprint density at radius 1 is 0.962 bits per heavy atom. The van der Waals surface area contributed by atoms with Gasteiger partial charge in [-0.05, 0) is 118 Å². The van der Waals surface area contributed by atoms with Crippen LogP contribution in [0.1, 0.15) is 62.0 Å². The number of H-pyrrole nitrogens is 1. The number of piperidine rings is 2. The number of hydrogen-bond donors (Lipinski definition) is 1. The molecule has 2 aromatic carbocycles. The van der Waals surface area contributed by atoms with Gasteiger partial charge in [-0.25, -0.2) is 4.98 Å². The van der Waals surface area contributed by atoms with Crippen molar-refractivity contribution in [2.24, 2.45) is 10.8 Å². The zero-order valence-corrected chi connectivity index (χ0v) is 30.6. The van der Waals surface area contributed by atoms with Gasteiger partial charge >= 0.3 is 6.18 Å². The smallest absolute Gasteiger partial charge is 0.422 e. The van der Waals surface area contributed by atoms with Crippen LogP contribution < -0.4 is 14.5 Å². The number of nitrogens with zero attached hydrogens (tertiary/aromatic N) is 7. The zero-order chi connectivity index (χ0) is 36.7. The van der Waals surface area contributed by atoms with Crippen molar-refractivity contribution < 1.29 is 22.7 Å². The quantitative estimate of drug-likeness (QED) is 0.207. The number of benzene rings is 2. The number of carbonyl (C=O) groups excluding carboxylic acids is 1. The number of alkyl halides is 3. The van der Waals surface area contributed by atoms with E-state index in [2.05, 4.69) is 44.6 Å². The van der Waals surface area contributed by atoms with E-state index in [4.69, 9.17) is 14.7 Å². The molecule has 4 aliphatic heterocycles. The summed E-state index contributed by atoms with van der Waals surface area (Å²) in [5, 5.41) is 8.94. The second kappa shape index (κ2) is 12.6. The molecule has 1 N–H and O–H groups in total. The standard InChI is InChI=1S/C40H47F3N8O2/c1-4-31(52)51-22-39(23-51)12-16-49(17-13-39)36-28-19-27(26-6-7-26)33(32-25(2)5-8-30-29(32)20-44-47-30)35(53-24-40(41,42)43)34(28)45-37(46-36)50-18-11-38(21-50)9-14-48(3)15-10-38/h4-5,8,19-20,26H,1,6-7,9-18,21-24H2,2-3H3,(H,44,47). The van der Waals surface area contributed by atoms with Gasteiger partial charge in [0.15, 0.2) is 12.4 Å². The predicted octanol–water partition coefficient (Wildman–Crippen LogP) is 6.84. The largest absolute Gasteiger partial charge is 0.481 e. The molecule has 1 saturated carbocycles. The van der Waals surface area contributed by atoms with Crippen molar-refractivity contribution in [2.75, 3.05) is 75.8 Å². The first-order valence-corrected chi connectivity index (χ1v) is 19.0. The molecule has 4 saturated heterocycles. The van der Waals surface area contributed by atoms with Crippen LogP contribution >= 0.6 is 0 Å². The Bertz CT molecular complexity index is 2090. The van der Waals surface area contributed by atoms with Crippen LogP contribution in [0.15, 0.2) is 37.1 Å². The van der Waals surface area contributed by atoms with Gasteiger partial charge in [-0.2, -0.15) is 23.3 Å². The van der Waals surface area contributed by atoms with Crippen LogP contribution in [0.3, 0.4) is 0 Å². The molecular formula is C40H47F3N8O2. The third-order valence-electron chi connectivity index (χ3n) is 12.9. The molecule has 0 bridgehead atoms. The highest BCUT2D eigenvalue weighted by molar-refractivity contribution is 6.06. The van der Waals surface area contributed by atoms with Crippen molar-refractivity contribution >= 4 is 39.5 Å². The molecule has 0 unspecified atom stereocenters. The van der Waals surface area contributed by atoms with E-state index in [1.165, 1.54) is 6.08 Å². The summed E-state index contributed by atoms with van der Waals surface area (Å²) in [4.78, 5) is 31.6. The summed E-state index contributed by atoms with van der Waals surface area (Å²) in [6.45, 7) is 10.8. The molecule has 2 spiro atoms. The van der Waals surface area contributed by atoms with Crippen LogP contribution in [0, 0.1) is 17.8 Å². The molecule has 280 valence electrons. The Labute approximate surface area is 307 Å². The van der Waals surface area contributed by atoms with Gasteiger partial charge in [0.1, 0.15) is 11.3 Å². The average Bonchev–Trinajstić information content (AvgIpc) is 3.72. The van der Waals surface area contributed by atoms with Crippen molar-refractivity contribution in [3.8, 4) is 16.9 Å². The fraction of sp³-hybridized carbons (Fsp3) is 0.550. The number of aryl methyl sites for hydroxylation is 1. The molecular weight excluding hydrogens is 681 g/mol. The van der Waals surface area contributed by atoms with E-state index in [9.17, 15) is 18.0 Å². The first kappa shape index (κ1) is 34.4. The minimum atomic E-state index is -4.55. The molecule has 5 fully saturated rings. The number of halogens is 3. The number of nitrogens with one attached hydrogen (secondary N) is 1. The number of rotatable bonds is 7. The first-order valence-electron chi connectivity index (χ1n) is 19.0. The lowest BCUT2D eigenvalue weighted by atomic mass is 9.72. The van der Waals surface area contributed by atoms with Gasteiger partial charge in [0.05, 0.1) is 11.7 Å². The van der Waals surface area contributed by atoms with E-state index in [0.29, 0.717) is 17.0 Å². The minimum absolute atomic E-state index is 0.0337. The first-order chi connectivity index (χ1) is 25.4. The normalized spacial score (nSPS) is 21.6. The van der Waals surface area contributed by atoms with Crippen LogP contribution in [0.25, 0.3) is 32.9 Å². The summed E-state index contributed by atoms with van der Waals surface area (Å²) in [6.07, 6.45) is 5.50. The van der Waals surface area contributed by atoms with Crippen molar-refractivity contribution in [1.29, 1.82) is 0 Å². The molecule has 9 rings (SSSR count). The lowest BCUT2D eigenvalue weighted by Gasteiger charge is -2.54. The van der Waals surface area contributed by atoms with Crippen molar-refractivity contribution in [3.05, 3.63) is 48.2 Å². The van der Waals surface area contributed by atoms with E-state index < -0.39 is 12.8 Å². The molecule has 1 amide bonds. The number of aromatic amines is 1. The Balaban J connectivity index is 1.21. The molecule has 0 atom stereocenters. The minimum Gasteiger partial charge on any atom is -0.481 e. The number of fused-ring (bicyclic) bond motifs is 2. The predicted molar refractivity (Wildman–Crippen MR) is 200 cm³/mol. The Morgan fingerprint density at radius 2 is 1.66 bits per heavy atom. The second-order valence-corrected chi connectivity index (χ2v) is 16.5. The highest BCUT2D eigenvalue weighted by atomic mass is 19.4. The summed E-state index contributed by atoms with van der Waals surface area (Å²) >= 11 is 0. The molecule has 0 radical (unpaired) electrons. The zero-order valence-electron chi connectivity index (χ0n) is 30.6. The van der Waals surface area contributed by atoms with Gasteiger partial charge in [0.25, 0.3) is 0 Å². The molecule has 4 aromatic rings. The van der Waals surface area contributed by atoms with Gasteiger partial charge in [0, 0.05) is 61.0 Å². The van der Waals surface area contributed by atoms with Crippen molar-refractivity contribution in [1.82, 2.24) is 30.0 Å². The fourth-order valence-corrected chi connectivity index (χ4v) is 9.50. The van der Waals surface area contributed by atoms with Gasteiger partial charge in [-0.3, -0.25) is 9.89 Å². The Morgan fingerprint density at radius 3 is 2.36 bits per heavy atom. The van der Waals surface area contributed by atoms with Gasteiger partial charge in [-0.15, -0.1) is 0 Å². The molecule has 5 aliphatic rings. The number of hydrogen-bond acceptors (Lipinski definition) is 8. The fourth-order valence-electron chi connectivity index (χ4n) is 9.50. The van der Waals surface area contributed by atoms with E-state index in [0.717, 1.165) is 136 Å². The summed E-state index contributed by atoms with van der Waals surface area (Å²) in [5.41, 5.74) is 4.87. The number of likely N-dealkylation sites (tertiary alicyclic amines) is 2. The number of aromatic nitrogens is 4. The van der Waals surface area contributed by atoms with Crippen molar-refractivity contribution in [2.45, 2.75) is 64.0 Å². The van der Waals surface area contributed by atoms with Crippen LogP contribution in [-0.4, -0.2) is 108 Å². The molecule has 1 aliphatic carbocycles. The maximum atomic E-state index is 14.1. The Hall–Kier alpha value is -4.39. The summed E-state index contributed by atoms with van der Waals surface area (Å²) in [7, 11) is 2.17. The van der Waals surface area contributed by atoms with Crippen LogP contribution in [0.2, 0.25) is 0 Å². The third kappa shape index (κ3) is 6.18. The third-order valence-corrected chi connectivity index (χ3v) is 12.9. The molecule has 13 heteroatoms. The molecule has 2 aromatic heterocycles. The van der Waals surface area contributed by atoms with Gasteiger partial charge < -0.3 is 24.3 Å². The number of carbonyl (C=O) groups is 1. The topological polar surface area (TPSA) is 93.7 Å². The van der Waals surface area contributed by atoms with Gasteiger partial charge in [-0.1, -0.05) is 12.6 Å². The monoisotopic (exact) mass is 728 g/mol. The van der Waals surface area contributed by atoms with Crippen LogP contribution in [0.4, 0.5) is 24.9 Å². The van der Waals surface area contributed by atoms with E-state index >= 15 is 0 Å². The second-order valence-electron chi connectivity index (χ2n) is 16.5. The summed E-state index contributed by atoms with van der Waals surface area (Å²) < 4.78 is 48.5. The lowest BCUT2D eigenvalue weighted by molar-refractivity contribution is -0.153. The summed E-state index contributed by atoms with van der Waals surface area (Å²) in [5.74, 6) is 1.63. The lowest BCUT2D eigenvalue weighted by Crippen LogP contribution is -2.61. The van der Waals surface area contributed by atoms with E-state index in [1.807, 2.05) is 24.0 Å². The summed E-state index contributed by atoms with van der Waals surface area (Å²) in [6, 6.07) is 6.10. The Kier molecular flexibility index (Phi) is 8.17. The van der Waals surface area contributed by atoms with Crippen LogP contribution in [-0.2, 0) is 4.79 Å². The molecule has 6 heterocycles. The average molecular weight is 729 g/mol. The maximum absolute atomic E-state index is 14.1. The van der Waals surface area contributed by atoms with E-state index in [-0.39, 0.29) is 28.4 Å². The van der Waals surface area contributed by atoms with Crippen LogP contribution in [0.5, 0.6) is 5.75 Å². The number of amides is 1. The number of anilines is 2. The SMILES string of the molecule is C=CC(=O)N1CC2(CCN(c3nc(N4CCC5(CCN(C)CC5)C4)nc4c(OCC(F)(F)F)c(-c5c(C)ccc6[nH]ncc56)c(C5CC5)cc34)CC2)C1.